The van der Waals surface area contributed by atoms with E-state index in [9.17, 15) is 24.0 Å². The third-order valence-electron chi connectivity index (χ3n) is 6.02. The summed E-state index contributed by atoms with van der Waals surface area (Å²) in [6.45, 7) is 8.65. The Hall–Kier alpha value is -3.71. The number of carbonyl (C=O) groups excluding carboxylic acids is 5. The molecule has 40 heavy (non-hydrogen) atoms. The minimum absolute atomic E-state index is 0.0974. The Balaban J connectivity index is 1.99. The van der Waals surface area contributed by atoms with E-state index in [0.717, 1.165) is 20.8 Å². The monoisotopic (exact) mass is 565 g/mol. The molecule has 0 aromatic heterocycles. The van der Waals surface area contributed by atoms with Gasteiger partial charge in [-0.3, -0.25) is 24.0 Å². The Morgan fingerprint density at radius 1 is 0.775 bits per heavy atom. The summed E-state index contributed by atoms with van der Waals surface area (Å²) in [5.41, 5.74) is 0.205. The average molecular weight is 566 g/mol. The van der Waals surface area contributed by atoms with E-state index < -0.39 is 61.2 Å². The number of ether oxygens (including phenoxy) is 7. The van der Waals surface area contributed by atoms with Crippen molar-refractivity contribution in [2.24, 2.45) is 0 Å². The van der Waals surface area contributed by atoms with E-state index in [1.807, 2.05) is 13.8 Å². The first-order chi connectivity index (χ1) is 18.8. The molecule has 2 saturated heterocycles. The highest BCUT2D eigenvalue weighted by Crippen LogP contribution is 2.32. The number of benzene rings is 1. The van der Waals surface area contributed by atoms with Gasteiger partial charge in [0.1, 0.15) is 18.5 Å². The molecule has 3 rings (SSSR count). The third-order valence-corrected chi connectivity index (χ3v) is 6.02. The summed E-state index contributed by atoms with van der Waals surface area (Å²) in [4.78, 5) is 62.8. The summed E-state index contributed by atoms with van der Waals surface area (Å²) in [5, 5.41) is 0. The van der Waals surface area contributed by atoms with Crippen LogP contribution >= 0.6 is 0 Å². The van der Waals surface area contributed by atoms with Crippen LogP contribution in [0.2, 0.25) is 0 Å². The van der Waals surface area contributed by atoms with Crippen LogP contribution in [0.5, 0.6) is 5.75 Å². The number of hydrogen-bond donors (Lipinski definition) is 0. The van der Waals surface area contributed by atoms with Gasteiger partial charge in [0, 0.05) is 40.8 Å². The lowest BCUT2D eigenvalue weighted by Gasteiger charge is -2.44. The van der Waals surface area contributed by atoms with Crippen molar-refractivity contribution in [3.8, 4) is 5.75 Å². The quantitative estimate of drug-likeness (QED) is 0.331. The van der Waals surface area contributed by atoms with Gasteiger partial charge in [-0.15, -0.1) is 0 Å². The first-order valence-corrected chi connectivity index (χ1v) is 12.9. The zero-order chi connectivity index (χ0) is 29.6. The summed E-state index contributed by atoms with van der Waals surface area (Å²) < 4.78 is 39.2. The number of esters is 4. The van der Waals surface area contributed by atoms with Gasteiger partial charge in [-0.05, 0) is 26.0 Å². The Labute approximate surface area is 231 Å². The molecule has 1 aromatic carbocycles. The molecule has 7 atom stereocenters. The molecule has 13 nitrogen and oxygen atoms in total. The van der Waals surface area contributed by atoms with E-state index in [2.05, 4.69) is 0 Å². The number of carbonyl (C=O) groups is 5. The van der Waals surface area contributed by atoms with Crippen molar-refractivity contribution in [3.63, 3.8) is 0 Å². The van der Waals surface area contributed by atoms with Crippen molar-refractivity contribution in [1.29, 1.82) is 0 Å². The molecule has 1 amide bonds. The van der Waals surface area contributed by atoms with Crippen molar-refractivity contribution < 1.29 is 57.1 Å². The van der Waals surface area contributed by atoms with E-state index in [4.69, 9.17) is 33.2 Å². The molecule has 0 unspecified atom stereocenters. The highest BCUT2D eigenvalue weighted by atomic mass is 16.7. The number of morpholine rings is 1. The summed E-state index contributed by atoms with van der Waals surface area (Å²) in [6.07, 6.45) is -7.12. The predicted octanol–water partition coefficient (Wildman–Crippen LogP) is 1.40. The molecule has 1 aromatic rings. The highest BCUT2D eigenvalue weighted by Gasteiger charge is 2.53. The fourth-order valence-corrected chi connectivity index (χ4v) is 4.67. The van der Waals surface area contributed by atoms with E-state index in [1.165, 1.54) is 13.0 Å². The molecule has 0 radical (unpaired) electrons. The number of rotatable bonds is 8. The van der Waals surface area contributed by atoms with Crippen LogP contribution in [0.1, 0.15) is 51.9 Å². The van der Waals surface area contributed by atoms with Gasteiger partial charge in [0.05, 0.1) is 17.8 Å². The molecule has 220 valence electrons. The van der Waals surface area contributed by atoms with Crippen molar-refractivity contribution >= 4 is 29.8 Å². The average Bonchev–Trinajstić information content (AvgIpc) is 2.85. The third kappa shape index (κ3) is 8.15. The number of hydrogen-bond acceptors (Lipinski definition) is 12. The van der Waals surface area contributed by atoms with Gasteiger partial charge >= 0.3 is 23.9 Å². The molecule has 0 saturated carbocycles. The lowest BCUT2D eigenvalue weighted by atomic mass is 9.98. The second-order valence-corrected chi connectivity index (χ2v) is 9.65. The van der Waals surface area contributed by atoms with Crippen molar-refractivity contribution in [2.75, 3.05) is 19.7 Å². The van der Waals surface area contributed by atoms with E-state index >= 15 is 0 Å². The summed E-state index contributed by atoms with van der Waals surface area (Å²) in [6, 6.07) is 6.42. The van der Waals surface area contributed by atoms with Gasteiger partial charge in [-0.2, -0.15) is 0 Å². The second-order valence-electron chi connectivity index (χ2n) is 9.65. The topological polar surface area (TPSA) is 153 Å². The maximum Gasteiger partial charge on any atom is 0.303 e. The molecule has 2 heterocycles. The fraction of sp³-hybridized carbons (Fsp3) is 0.593. The molecule has 2 fully saturated rings. The van der Waals surface area contributed by atoms with Crippen molar-refractivity contribution in [2.45, 2.75) is 84.5 Å². The summed E-state index contributed by atoms with van der Waals surface area (Å²) in [7, 11) is 0. The van der Waals surface area contributed by atoms with Gasteiger partial charge in [-0.25, -0.2) is 0 Å². The normalized spacial score (nSPS) is 28.1. The first-order valence-electron chi connectivity index (χ1n) is 12.9. The highest BCUT2D eigenvalue weighted by molar-refractivity contribution is 5.97. The van der Waals surface area contributed by atoms with Crippen LogP contribution < -0.4 is 4.74 Å². The van der Waals surface area contributed by atoms with E-state index in [0.29, 0.717) is 13.1 Å². The van der Waals surface area contributed by atoms with Gasteiger partial charge in [0.15, 0.2) is 12.2 Å². The lowest BCUT2D eigenvalue weighted by Crippen LogP contribution is -2.63. The van der Waals surface area contributed by atoms with Crippen LogP contribution in [0, 0.1) is 0 Å². The maximum absolute atomic E-state index is 13.5. The molecule has 0 spiro atoms. The van der Waals surface area contributed by atoms with Crippen LogP contribution in [0.3, 0.4) is 0 Å². The molecule has 0 bridgehead atoms. The van der Waals surface area contributed by atoms with Gasteiger partial charge < -0.3 is 38.1 Å². The predicted molar refractivity (Wildman–Crippen MR) is 135 cm³/mol. The van der Waals surface area contributed by atoms with Gasteiger partial charge in [0.2, 0.25) is 12.4 Å². The smallest absolute Gasteiger partial charge is 0.303 e. The largest absolute Gasteiger partial charge is 0.463 e. The Morgan fingerprint density at radius 3 is 1.90 bits per heavy atom. The minimum atomic E-state index is -1.46. The molecule has 2 aliphatic heterocycles. The van der Waals surface area contributed by atoms with Crippen LogP contribution in [-0.2, 0) is 47.6 Å². The molecule has 2 aliphatic rings. The zero-order valence-corrected chi connectivity index (χ0v) is 23.3. The Morgan fingerprint density at radius 2 is 1.32 bits per heavy atom. The summed E-state index contributed by atoms with van der Waals surface area (Å²) >= 11 is 0. The zero-order valence-electron chi connectivity index (χ0n) is 23.3. The fourth-order valence-electron chi connectivity index (χ4n) is 4.67. The maximum atomic E-state index is 13.5. The summed E-state index contributed by atoms with van der Waals surface area (Å²) in [5.74, 6) is -3.14. The lowest BCUT2D eigenvalue weighted by molar-refractivity contribution is -0.288. The second kappa shape index (κ2) is 13.6. The number of nitrogens with zero attached hydrogens (tertiary/aromatic N) is 1. The van der Waals surface area contributed by atoms with Crippen LogP contribution in [-0.4, -0.2) is 97.3 Å². The van der Waals surface area contributed by atoms with Crippen LogP contribution in [0.15, 0.2) is 24.3 Å². The molecular formula is C27H35NO12. The van der Waals surface area contributed by atoms with Crippen molar-refractivity contribution in [3.05, 3.63) is 29.8 Å². The molecule has 0 N–H and O–H groups in total. The van der Waals surface area contributed by atoms with Crippen LogP contribution in [0.25, 0.3) is 0 Å². The van der Waals surface area contributed by atoms with E-state index in [1.54, 1.807) is 23.1 Å². The van der Waals surface area contributed by atoms with Crippen LogP contribution in [0.4, 0.5) is 0 Å². The van der Waals surface area contributed by atoms with Gasteiger partial charge in [0.25, 0.3) is 5.91 Å². The Kier molecular flexibility index (Phi) is 10.5. The molecule has 13 heteroatoms. The first kappa shape index (κ1) is 30.8. The number of para-hydroxylation sites is 1. The minimum Gasteiger partial charge on any atom is -0.463 e. The molecular weight excluding hydrogens is 530 g/mol. The number of amides is 1. The van der Waals surface area contributed by atoms with E-state index in [-0.39, 0.29) is 29.4 Å². The van der Waals surface area contributed by atoms with Gasteiger partial charge in [-0.1, -0.05) is 12.1 Å². The standard InChI is InChI=1S/C27H35NO12/c1-14-11-28(12-15(2)35-14)26(33)20-9-7-8-10-21(20)39-27-25(38-19(6)32)24(37-18(5)31)23(36-17(4)30)22(40-27)13-34-16(3)29/h7-10,14-15,22-25,27H,11-13H2,1-6H3/t14-,15-,22+,23+,24-,25+,27+/m1/s1. The Bertz CT molecular complexity index is 1100. The van der Waals surface area contributed by atoms with Crippen molar-refractivity contribution in [1.82, 2.24) is 4.90 Å². The SMILES string of the molecule is CC(=O)OC[C@@H]1O[C@H](Oc2ccccc2C(=O)N2C[C@@H](C)O[C@H](C)C2)[C@@H](OC(C)=O)[C@H](OC(C)=O)[C@H]1OC(C)=O. The molecule has 0 aliphatic carbocycles.